The Labute approximate surface area is 210 Å². The number of halogens is 1. The number of aromatic nitrogens is 2. The standard InChI is InChI=1S/C27H30FN5OS/c28-20-11-4-5-12-21(20)30-24(34)15-18-33-26(25(31-27(33)35)22-13-6-7-16-29-22)23-14-8-17-32(23)19-9-2-1-3-10-19/h4-8,11-14,16-17,19,25-26H,1-3,9-10,15,18H2,(H,30,34)(H,31,35)/t25-,26-/m1/s1. The number of hydrogen-bond acceptors (Lipinski definition) is 3. The third kappa shape index (κ3) is 5.07. The number of hydrogen-bond donors (Lipinski definition) is 2. The Morgan fingerprint density at radius 1 is 1.09 bits per heavy atom. The second-order valence-electron chi connectivity index (χ2n) is 9.23. The lowest BCUT2D eigenvalue weighted by Crippen LogP contribution is -2.34. The van der Waals surface area contributed by atoms with E-state index in [0.29, 0.717) is 17.7 Å². The third-order valence-corrected chi connectivity index (χ3v) is 7.36. The lowest BCUT2D eigenvalue weighted by atomic mass is 9.94. The van der Waals surface area contributed by atoms with Crippen molar-refractivity contribution in [1.82, 2.24) is 19.8 Å². The van der Waals surface area contributed by atoms with Gasteiger partial charge in [-0.15, -0.1) is 0 Å². The molecule has 182 valence electrons. The van der Waals surface area contributed by atoms with Crippen LogP contribution in [0, 0.1) is 5.82 Å². The zero-order chi connectivity index (χ0) is 24.2. The van der Waals surface area contributed by atoms with Crippen LogP contribution in [0.4, 0.5) is 10.1 Å². The molecule has 3 aromatic rings. The SMILES string of the molecule is O=C(CCN1C(=S)N[C@H](c2ccccn2)[C@H]1c1cccn1C1CCCCC1)Nc1ccccc1F. The fraction of sp³-hybridized carbons (Fsp3) is 0.370. The van der Waals surface area contributed by atoms with Gasteiger partial charge in [-0.05, 0) is 61.5 Å². The van der Waals surface area contributed by atoms with Crippen molar-refractivity contribution < 1.29 is 9.18 Å². The number of pyridine rings is 1. The molecule has 0 spiro atoms. The third-order valence-electron chi connectivity index (χ3n) is 7.01. The predicted octanol–water partition coefficient (Wildman–Crippen LogP) is 5.53. The Kier molecular flexibility index (Phi) is 7.08. The summed E-state index contributed by atoms with van der Waals surface area (Å²) in [5.74, 6) is -0.696. The first-order valence-electron chi connectivity index (χ1n) is 12.3. The van der Waals surface area contributed by atoms with E-state index in [1.165, 1.54) is 43.9 Å². The van der Waals surface area contributed by atoms with E-state index < -0.39 is 5.82 Å². The van der Waals surface area contributed by atoms with Crippen molar-refractivity contribution in [3.05, 3.63) is 84.2 Å². The summed E-state index contributed by atoms with van der Waals surface area (Å²) >= 11 is 5.76. The van der Waals surface area contributed by atoms with E-state index >= 15 is 0 Å². The predicted molar refractivity (Wildman–Crippen MR) is 138 cm³/mol. The number of nitrogens with zero attached hydrogens (tertiary/aromatic N) is 3. The van der Waals surface area contributed by atoms with E-state index in [1.54, 1.807) is 24.4 Å². The summed E-state index contributed by atoms with van der Waals surface area (Å²) in [5, 5.41) is 6.74. The number of benzene rings is 1. The van der Waals surface area contributed by atoms with Gasteiger partial charge in [-0.1, -0.05) is 37.5 Å². The first-order valence-corrected chi connectivity index (χ1v) is 12.7. The molecule has 8 heteroatoms. The van der Waals surface area contributed by atoms with Gasteiger partial charge in [0.05, 0.1) is 23.5 Å². The summed E-state index contributed by atoms with van der Waals surface area (Å²) in [4.78, 5) is 19.4. The molecule has 5 rings (SSSR count). The van der Waals surface area contributed by atoms with Crippen molar-refractivity contribution in [1.29, 1.82) is 0 Å². The Balaban J connectivity index is 1.40. The Morgan fingerprint density at radius 3 is 2.66 bits per heavy atom. The van der Waals surface area contributed by atoms with E-state index in [4.69, 9.17) is 12.2 Å². The number of carbonyl (C=O) groups is 1. The smallest absolute Gasteiger partial charge is 0.226 e. The van der Waals surface area contributed by atoms with Gasteiger partial charge in [-0.25, -0.2) is 4.39 Å². The maximum Gasteiger partial charge on any atom is 0.226 e. The van der Waals surface area contributed by atoms with Crippen LogP contribution in [0.1, 0.15) is 68.0 Å². The number of para-hydroxylation sites is 1. The van der Waals surface area contributed by atoms with E-state index in [2.05, 4.69) is 43.4 Å². The number of rotatable bonds is 7. The minimum atomic E-state index is -0.447. The molecule has 1 aliphatic heterocycles. The van der Waals surface area contributed by atoms with Crippen molar-refractivity contribution in [2.45, 2.75) is 56.7 Å². The summed E-state index contributed by atoms with van der Waals surface area (Å²) < 4.78 is 16.4. The van der Waals surface area contributed by atoms with E-state index in [9.17, 15) is 9.18 Å². The van der Waals surface area contributed by atoms with Crippen LogP contribution >= 0.6 is 12.2 Å². The first-order chi connectivity index (χ1) is 17.1. The van der Waals surface area contributed by atoms with Gasteiger partial charge < -0.3 is 20.1 Å². The number of carbonyl (C=O) groups excluding carboxylic acids is 1. The van der Waals surface area contributed by atoms with Crippen molar-refractivity contribution in [3.8, 4) is 0 Å². The molecule has 3 heterocycles. The van der Waals surface area contributed by atoms with Crippen molar-refractivity contribution >= 4 is 28.9 Å². The number of thiocarbonyl (C=S) groups is 1. The minimum absolute atomic E-state index is 0.101. The second kappa shape index (κ2) is 10.6. The molecule has 1 saturated heterocycles. The molecule has 1 aliphatic carbocycles. The van der Waals surface area contributed by atoms with Gasteiger partial charge in [0, 0.05) is 37.1 Å². The van der Waals surface area contributed by atoms with Crippen LogP contribution in [0.15, 0.2) is 67.0 Å². The van der Waals surface area contributed by atoms with Gasteiger partial charge in [0.1, 0.15) is 5.82 Å². The fourth-order valence-electron chi connectivity index (χ4n) is 5.31. The summed E-state index contributed by atoms with van der Waals surface area (Å²) in [6.45, 7) is 0.413. The highest BCUT2D eigenvalue weighted by molar-refractivity contribution is 7.80. The van der Waals surface area contributed by atoms with Crippen LogP contribution in [0.25, 0.3) is 0 Å². The van der Waals surface area contributed by atoms with E-state index in [-0.39, 0.29) is 30.1 Å². The molecular formula is C27H30FN5OS. The van der Waals surface area contributed by atoms with E-state index in [0.717, 1.165) is 5.69 Å². The topological polar surface area (TPSA) is 62.2 Å². The molecule has 2 aromatic heterocycles. The summed E-state index contributed by atoms with van der Waals surface area (Å²) in [6, 6.07) is 16.6. The molecule has 2 aliphatic rings. The van der Waals surface area contributed by atoms with Gasteiger partial charge in [-0.2, -0.15) is 0 Å². The van der Waals surface area contributed by atoms with E-state index in [1.807, 2.05) is 18.2 Å². The van der Waals surface area contributed by atoms with Crippen LogP contribution in [-0.2, 0) is 4.79 Å². The zero-order valence-electron chi connectivity index (χ0n) is 19.6. The zero-order valence-corrected chi connectivity index (χ0v) is 20.4. The minimum Gasteiger partial charge on any atom is -0.352 e. The fourth-order valence-corrected chi connectivity index (χ4v) is 5.65. The average Bonchev–Trinajstić information content (AvgIpc) is 3.49. The summed E-state index contributed by atoms with van der Waals surface area (Å²) in [6.07, 6.45) is 10.3. The highest BCUT2D eigenvalue weighted by Gasteiger charge is 2.41. The molecule has 2 N–H and O–H groups in total. The van der Waals surface area contributed by atoms with Gasteiger partial charge in [0.25, 0.3) is 0 Å². The number of amides is 1. The van der Waals surface area contributed by atoms with Gasteiger partial charge in [0.2, 0.25) is 5.91 Å². The van der Waals surface area contributed by atoms with Crippen LogP contribution in [0.5, 0.6) is 0 Å². The maximum atomic E-state index is 14.0. The quantitative estimate of drug-likeness (QED) is 0.426. The summed E-state index contributed by atoms with van der Waals surface area (Å²) in [7, 11) is 0. The molecule has 0 radical (unpaired) electrons. The lowest BCUT2D eigenvalue weighted by molar-refractivity contribution is -0.116. The summed E-state index contributed by atoms with van der Waals surface area (Å²) in [5.41, 5.74) is 2.28. The molecule has 6 nitrogen and oxygen atoms in total. The highest BCUT2D eigenvalue weighted by atomic mass is 32.1. The largest absolute Gasteiger partial charge is 0.352 e. The Bertz CT molecular complexity index is 1180. The van der Waals surface area contributed by atoms with Gasteiger partial charge in [0.15, 0.2) is 5.11 Å². The van der Waals surface area contributed by atoms with Gasteiger partial charge >= 0.3 is 0 Å². The lowest BCUT2D eigenvalue weighted by Gasteiger charge is -2.32. The van der Waals surface area contributed by atoms with Crippen molar-refractivity contribution in [3.63, 3.8) is 0 Å². The number of nitrogens with one attached hydrogen (secondary N) is 2. The normalized spacial score (nSPS) is 20.6. The molecule has 1 saturated carbocycles. The Morgan fingerprint density at radius 2 is 1.89 bits per heavy atom. The molecule has 0 bridgehead atoms. The molecule has 35 heavy (non-hydrogen) atoms. The first kappa shape index (κ1) is 23.5. The number of anilines is 1. The van der Waals surface area contributed by atoms with Crippen LogP contribution < -0.4 is 10.6 Å². The Hall–Kier alpha value is -3.26. The van der Waals surface area contributed by atoms with Crippen molar-refractivity contribution in [2.24, 2.45) is 0 Å². The van der Waals surface area contributed by atoms with Gasteiger partial charge in [-0.3, -0.25) is 9.78 Å². The van der Waals surface area contributed by atoms with Crippen LogP contribution in [-0.4, -0.2) is 32.0 Å². The molecular weight excluding hydrogens is 461 g/mol. The molecule has 2 atom stereocenters. The average molecular weight is 492 g/mol. The molecule has 2 fully saturated rings. The van der Waals surface area contributed by atoms with Crippen LogP contribution in [0.2, 0.25) is 0 Å². The molecule has 1 aromatic carbocycles. The maximum absolute atomic E-state index is 14.0. The second-order valence-corrected chi connectivity index (χ2v) is 9.62. The molecule has 0 unspecified atom stereocenters. The highest BCUT2D eigenvalue weighted by Crippen LogP contribution is 2.41. The van der Waals surface area contributed by atoms with Crippen LogP contribution in [0.3, 0.4) is 0 Å². The van der Waals surface area contributed by atoms with Crippen molar-refractivity contribution in [2.75, 3.05) is 11.9 Å². The molecule has 1 amide bonds. The monoisotopic (exact) mass is 491 g/mol.